The molecule has 2 heterocycles. The number of esters is 1. The molecule has 8 nitrogen and oxygen atoms in total. The van der Waals surface area contributed by atoms with Gasteiger partial charge in [-0.15, -0.1) is 0 Å². The highest BCUT2D eigenvalue weighted by Gasteiger charge is 2.12. The molecule has 3 aromatic carbocycles. The van der Waals surface area contributed by atoms with Crippen molar-refractivity contribution in [3.8, 4) is 5.69 Å². The Morgan fingerprint density at radius 3 is 2.58 bits per heavy atom. The van der Waals surface area contributed by atoms with Crippen molar-refractivity contribution in [3.63, 3.8) is 0 Å². The smallest absolute Gasteiger partial charge is 0.338 e. The number of ether oxygens (including phenoxy) is 1. The average molecular weight is 412 g/mol. The van der Waals surface area contributed by atoms with Gasteiger partial charge in [-0.1, -0.05) is 18.2 Å². The van der Waals surface area contributed by atoms with Gasteiger partial charge < -0.3 is 14.5 Å². The van der Waals surface area contributed by atoms with E-state index < -0.39 is 18.5 Å². The zero-order valence-electron chi connectivity index (χ0n) is 16.2. The number of amides is 1. The normalized spacial score (nSPS) is 11.0. The summed E-state index contributed by atoms with van der Waals surface area (Å²) in [6, 6.07) is 19.7. The molecule has 1 amide bonds. The van der Waals surface area contributed by atoms with Gasteiger partial charge in [0.15, 0.2) is 6.61 Å². The molecule has 0 saturated heterocycles. The Bertz CT molecular complexity index is 1390. The summed E-state index contributed by atoms with van der Waals surface area (Å²) in [5.41, 5.74) is 3.21. The number of rotatable bonds is 5. The number of fused-ring (bicyclic) bond motifs is 3. The Kier molecular flexibility index (Phi) is 4.64. The third kappa shape index (κ3) is 3.74. The molecule has 8 heteroatoms. The lowest BCUT2D eigenvalue weighted by Crippen LogP contribution is -2.20. The Morgan fingerprint density at radius 1 is 0.968 bits per heavy atom. The summed E-state index contributed by atoms with van der Waals surface area (Å²) in [6.07, 6.45) is 2.98. The lowest BCUT2D eigenvalue weighted by Gasteiger charge is -2.07. The first-order valence-electron chi connectivity index (χ1n) is 9.51. The van der Waals surface area contributed by atoms with Crippen LogP contribution in [0.25, 0.3) is 27.6 Å². The second-order valence-corrected chi connectivity index (χ2v) is 6.82. The fraction of sp³-hybridized carbons (Fsp3) is 0.0435. The van der Waals surface area contributed by atoms with Crippen LogP contribution in [0.1, 0.15) is 10.4 Å². The third-order valence-electron chi connectivity index (χ3n) is 4.78. The van der Waals surface area contributed by atoms with Crippen LogP contribution in [0.15, 0.2) is 83.8 Å². The standard InChI is InChI=1S/C23H16N4O4/c28-22(12-30-23(29)15-5-8-17(9-6-15)27-14-24-13-25-27)26-16-7-10-21-19(11-16)18-3-1-2-4-20(18)31-21/h1-11,13-14H,12H2,(H,26,28). The first-order chi connectivity index (χ1) is 15.2. The Labute approximate surface area is 176 Å². The van der Waals surface area contributed by atoms with Gasteiger partial charge in [0.2, 0.25) is 0 Å². The van der Waals surface area contributed by atoms with Crippen molar-refractivity contribution < 1.29 is 18.7 Å². The topological polar surface area (TPSA) is 99.3 Å². The number of hydrogen-bond donors (Lipinski definition) is 1. The minimum absolute atomic E-state index is 0.336. The Balaban J connectivity index is 1.22. The maximum absolute atomic E-state index is 12.3. The van der Waals surface area contributed by atoms with Gasteiger partial charge in [-0.25, -0.2) is 14.5 Å². The highest BCUT2D eigenvalue weighted by Crippen LogP contribution is 2.30. The van der Waals surface area contributed by atoms with Gasteiger partial charge >= 0.3 is 5.97 Å². The molecular formula is C23H16N4O4. The van der Waals surface area contributed by atoms with Crippen LogP contribution >= 0.6 is 0 Å². The van der Waals surface area contributed by atoms with E-state index in [1.54, 1.807) is 47.4 Å². The number of nitrogens with zero attached hydrogens (tertiary/aromatic N) is 3. The summed E-state index contributed by atoms with van der Waals surface area (Å²) < 4.78 is 12.5. The molecule has 0 saturated carbocycles. The molecule has 5 aromatic rings. The predicted octanol–water partition coefficient (Wildman–Crippen LogP) is 3.96. The second kappa shape index (κ2) is 7.75. The molecule has 0 spiro atoms. The van der Waals surface area contributed by atoms with Crippen molar-refractivity contribution in [1.82, 2.24) is 14.8 Å². The van der Waals surface area contributed by atoms with Crippen molar-refractivity contribution in [2.45, 2.75) is 0 Å². The molecule has 152 valence electrons. The lowest BCUT2D eigenvalue weighted by molar-refractivity contribution is -0.119. The van der Waals surface area contributed by atoms with E-state index in [4.69, 9.17) is 9.15 Å². The van der Waals surface area contributed by atoms with E-state index in [9.17, 15) is 9.59 Å². The van der Waals surface area contributed by atoms with Crippen molar-refractivity contribution in [2.75, 3.05) is 11.9 Å². The van der Waals surface area contributed by atoms with Gasteiger partial charge in [0.05, 0.1) is 11.3 Å². The number of para-hydroxylation sites is 1. The molecule has 0 aliphatic rings. The number of aromatic nitrogens is 3. The third-order valence-corrected chi connectivity index (χ3v) is 4.78. The zero-order chi connectivity index (χ0) is 21.2. The number of nitrogens with one attached hydrogen (secondary N) is 1. The van der Waals surface area contributed by atoms with Gasteiger partial charge in [0.1, 0.15) is 23.8 Å². The molecule has 0 bridgehead atoms. The molecule has 0 aliphatic heterocycles. The minimum atomic E-state index is -0.587. The SMILES string of the molecule is O=C(COC(=O)c1ccc(-n2cncn2)cc1)Nc1ccc2oc3ccccc3c2c1. The lowest BCUT2D eigenvalue weighted by atomic mass is 10.1. The second-order valence-electron chi connectivity index (χ2n) is 6.82. The van der Waals surface area contributed by atoms with E-state index in [-0.39, 0.29) is 0 Å². The zero-order valence-corrected chi connectivity index (χ0v) is 16.2. The number of benzene rings is 3. The number of carbonyl (C=O) groups excluding carboxylic acids is 2. The van der Waals surface area contributed by atoms with Gasteiger partial charge in [-0.2, -0.15) is 5.10 Å². The van der Waals surface area contributed by atoms with E-state index in [1.165, 1.54) is 6.33 Å². The summed E-state index contributed by atoms with van der Waals surface area (Å²) in [4.78, 5) is 28.4. The molecule has 5 rings (SSSR count). The first kappa shape index (κ1) is 18.6. The largest absolute Gasteiger partial charge is 0.456 e. The summed E-state index contributed by atoms with van der Waals surface area (Å²) in [5.74, 6) is -1.02. The highest BCUT2D eigenvalue weighted by atomic mass is 16.5. The fourth-order valence-corrected chi connectivity index (χ4v) is 3.31. The molecule has 0 fully saturated rings. The molecule has 0 aliphatic carbocycles. The van der Waals surface area contributed by atoms with Crippen molar-refractivity contribution in [1.29, 1.82) is 0 Å². The average Bonchev–Trinajstić information content (AvgIpc) is 3.46. The molecule has 31 heavy (non-hydrogen) atoms. The highest BCUT2D eigenvalue weighted by molar-refractivity contribution is 6.07. The van der Waals surface area contributed by atoms with Gasteiger partial charge in [-0.05, 0) is 48.5 Å². The van der Waals surface area contributed by atoms with E-state index in [0.717, 1.165) is 27.6 Å². The number of carbonyl (C=O) groups is 2. The van der Waals surface area contributed by atoms with Gasteiger partial charge in [-0.3, -0.25) is 4.79 Å². The number of furan rings is 1. The van der Waals surface area contributed by atoms with E-state index in [2.05, 4.69) is 15.4 Å². The van der Waals surface area contributed by atoms with Crippen LogP contribution in [-0.4, -0.2) is 33.2 Å². The molecule has 0 radical (unpaired) electrons. The van der Waals surface area contributed by atoms with Crippen LogP contribution < -0.4 is 5.32 Å². The summed E-state index contributed by atoms with van der Waals surface area (Å²) in [7, 11) is 0. The van der Waals surface area contributed by atoms with Crippen LogP contribution in [-0.2, 0) is 9.53 Å². The first-order valence-corrected chi connectivity index (χ1v) is 9.51. The van der Waals surface area contributed by atoms with Crippen molar-refractivity contribution in [2.24, 2.45) is 0 Å². The van der Waals surface area contributed by atoms with Crippen LogP contribution in [0.3, 0.4) is 0 Å². The number of anilines is 1. The quantitative estimate of drug-likeness (QED) is 0.439. The molecule has 1 N–H and O–H groups in total. The predicted molar refractivity (Wildman–Crippen MR) is 114 cm³/mol. The Morgan fingerprint density at radius 2 is 1.77 bits per heavy atom. The van der Waals surface area contributed by atoms with Crippen LogP contribution in [0.2, 0.25) is 0 Å². The summed E-state index contributed by atoms with van der Waals surface area (Å²) in [5, 5.41) is 8.64. The minimum Gasteiger partial charge on any atom is -0.456 e. The van der Waals surface area contributed by atoms with E-state index >= 15 is 0 Å². The monoisotopic (exact) mass is 412 g/mol. The maximum atomic E-state index is 12.3. The number of hydrogen-bond acceptors (Lipinski definition) is 6. The maximum Gasteiger partial charge on any atom is 0.338 e. The van der Waals surface area contributed by atoms with E-state index in [1.807, 2.05) is 30.3 Å². The summed E-state index contributed by atoms with van der Waals surface area (Å²) in [6.45, 7) is -0.395. The van der Waals surface area contributed by atoms with Gasteiger partial charge in [0, 0.05) is 16.5 Å². The van der Waals surface area contributed by atoms with Crippen LogP contribution in [0.4, 0.5) is 5.69 Å². The Hall–Kier alpha value is -4.46. The van der Waals surface area contributed by atoms with Gasteiger partial charge in [0.25, 0.3) is 5.91 Å². The molecular weight excluding hydrogens is 396 g/mol. The summed E-state index contributed by atoms with van der Waals surface area (Å²) >= 11 is 0. The van der Waals surface area contributed by atoms with Crippen LogP contribution in [0.5, 0.6) is 0 Å². The molecule has 0 atom stereocenters. The fourth-order valence-electron chi connectivity index (χ4n) is 3.31. The van der Waals surface area contributed by atoms with Crippen molar-refractivity contribution in [3.05, 3.63) is 84.9 Å². The van der Waals surface area contributed by atoms with E-state index in [0.29, 0.717) is 11.3 Å². The molecule has 2 aromatic heterocycles. The van der Waals surface area contributed by atoms with Crippen molar-refractivity contribution >= 4 is 39.5 Å². The van der Waals surface area contributed by atoms with Crippen LogP contribution in [0, 0.1) is 0 Å². The molecule has 0 unspecified atom stereocenters.